The molecule has 108 valence electrons. The Hall–Kier alpha value is -1.13. The van der Waals surface area contributed by atoms with Crippen LogP contribution in [0.2, 0.25) is 0 Å². The minimum absolute atomic E-state index is 0.00551. The highest BCUT2D eigenvalue weighted by Gasteiger charge is 2.18. The quantitative estimate of drug-likeness (QED) is 0.833. The van der Waals surface area contributed by atoms with Crippen molar-refractivity contribution >= 4 is 0 Å². The molecule has 0 saturated heterocycles. The standard InChI is InChI=1S/C15H25FN2O/c1-10(2)14(18(4)5)9-17-11(3)13-7-6-12(16)8-15(13)19/h6-8,10-11,14,17,19H,9H2,1-5H3. The molecule has 2 atom stereocenters. The summed E-state index contributed by atoms with van der Waals surface area (Å²) in [7, 11) is 4.12. The van der Waals surface area contributed by atoms with E-state index < -0.39 is 5.82 Å². The van der Waals surface area contributed by atoms with Crippen LogP contribution in [0.3, 0.4) is 0 Å². The van der Waals surface area contributed by atoms with Gasteiger partial charge in [-0.05, 0) is 33.0 Å². The van der Waals surface area contributed by atoms with Crippen molar-refractivity contribution in [2.75, 3.05) is 20.6 Å². The number of hydrogen-bond donors (Lipinski definition) is 2. The Balaban J connectivity index is 2.66. The lowest BCUT2D eigenvalue weighted by atomic mass is 10.0. The first-order chi connectivity index (χ1) is 8.82. The molecule has 19 heavy (non-hydrogen) atoms. The van der Waals surface area contributed by atoms with E-state index in [1.165, 1.54) is 6.07 Å². The molecule has 0 aromatic heterocycles. The van der Waals surface area contributed by atoms with Crippen molar-refractivity contribution in [1.82, 2.24) is 10.2 Å². The first-order valence-corrected chi connectivity index (χ1v) is 6.71. The highest BCUT2D eigenvalue weighted by atomic mass is 19.1. The van der Waals surface area contributed by atoms with Crippen molar-refractivity contribution in [1.29, 1.82) is 0 Å². The van der Waals surface area contributed by atoms with Gasteiger partial charge in [0.15, 0.2) is 0 Å². The van der Waals surface area contributed by atoms with Crippen LogP contribution < -0.4 is 5.32 Å². The third-order valence-corrected chi connectivity index (χ3v) is 3.53. The smallest absolute Gasteiger partial charge is 0.126 e. The molecule has 1 aromatic carbocycles. The van der Waals surface area contributed by atoms with Gasteiger partial charge in [0.05, 0.1) is 0 Å². The lowest BCUT2D eigenvalue weighted by Gasteiger charge is -2.29. The summed E-state index contributed by atoms with van der Waals surface area (Å²) in [4.78, 5) is 2.19. The van der Waals surface area contributed by atoms with E-state index in [-0.39, 0.29) is 11.8 Å². The van der Waals surface area contributed by atoms with Crippen molar-refractivity contribution < 1.29 is 9.50 Å². The van der Waals surface area contributed by atoms with Gasteiger partial charge in [-0.1, -0.05) is 19.9 Å². The second-order valence-corrected chi connectivity index (χ2v) is 5.61. The fourth-order valence-corrected chi connectivity index (χ4v) is 2.31. The predicted octanol–water partition coefficient (Wildman–Crippen LogP) is 2.77. The van der Waals surface area contributed by atoms with Gasteiger partial charge in [0.1, 0.15) is 11.6 Å². The number of phenols is 1. The third-order valence-electron chi connectivity index (χ3n) is 3.53. The Morgan fingerprint density at radius 1 is 1.26 bits per heavy atom. The summed E-state index contributed by atoms with van der Waals surface area (Å²) in [6, 6.07) is 4.56. The van der Waals surface area contributed by atoms with Crippen molar-refractivity contribution in [3.63, 3.8) is 0 Å². The van der Waals surface area contributed by atoms with E-state index in [4.69, 9.17) is 0 Å². The topological polar surface area (TPSA) is 35.5 Å². The molecule has 0 amide bonds. The van der Waals surface area contributed by atoms with Gasteiger partial charge >= 0.3 is 0 Å². The minimum Gasteiger partial charge on any atom is -0.508 e. The third kappa shape index (κ3) is 4.48. The second-order valence-electron chi connectivity index (χ2n) is 5.61. The first-order valence-electron chi connectivity index (χ1n) is 6.71. The molecule has 2 N–H and O–H groups in total. The molecule has 2 unspecified atom stereocenters. The van der Waals surface area contributed by atoms with Gasteiger partial charge in [0.2, 0.25) is 0 Å². The fourth-order valence-electron chi connectivity index (χ4n) is 2.31. The van der Waals surface area contributed by atoms with Crippen LogP contribution in [0.4, 0.5) is 4.39 Å². The molecule has 0 aliphatic carbocycles. The zero-order valence-corrected chi connectivity index (χ0v) is 12.4. The molecule has 0 fully saturated rings. The molecule has 0 spiro atoms. The Kier molecular flexibility index (Phi) is 5.76. The zero-order chi connectivity index (χ0) is 14.6. The Labute approximate surface area is 115 Å². The number of halogens is 1. The van der Waals surface area contributed by atoms with Crippen LogP contribution >= 0.6 is 0 Å². The van der Waals surface area contributed by atoms with Gasteiger partial charge < -0.3 is 15.3 Å². The molecule has 0 radical (unpaired) electrons. The molecule has 0 aliphatic heterocycles. The highest BCUT2D eigenvalue weighted by Crippen LogP contribution is 2.24. The van der Waals surface area contributed by atoms with Gasteiger partial charge in [-0.3, -0.25) is 0 Å². The van der Waals surface area contributed by atoms with Gasteiger partial charge in [-0.15, -0.1) is 0 Å². The number of aromatic hydroxyl groups is 1. The van der Waals surface area contributed by atoms with E-state index in [2.05, 4.69) is 38.2 Å². The number of benzene rings is 1. The molecule has 0 heterocycles. The summed E-state index contributed by atoms with van der Waals surface area (Å²) in [5.74, 6) is 0.129. The van der Waals surface area contributed by atoms with Crippen molar-refractivity contribution in [2.45, 2.75) is 32.9 Å². The summed E-state index contributed by atoms with van der Waals surface area (Å²) in [5, 5.41) is 13.2. The molecule has 0 saturated carbocycles. The summed E-state index contributed by atoms with van der Waals surface area (Å²) in [6.07, 6.45) is 0. The van der Waals surface area contributed by atoms with Crippen LogP contribution in [0.5, 0.6) is 5.75 Å². The van der Waals surface area contributed by atoms with Gasteiger partial charge in [0.25, 0.3) is 0 Å². The predicted molar refractivity (Wildman–Crippen MR) is 76.8 cm³/mol. The first kappa shape index (κ1) is 15.9. The molecule has 3 nitrogen and oxygen atoms in total. The largest absolute Gasteiger partial charge is 0.508 e. The molecular weight excluding hydrogens is 243 g/mol. The highest BCUT2D eigenvalue weighted by molar-refractivity contribution is 5.34. The van der Waals surface area contributed by atoms with Crippen molar-refractivity contribution in [3.8, 4) is 5.75 Å². The second kappa shape index (κ2) is 6.87. The van der Waals surface area contributed by atoms with E-state index in [1.54, 1.807) is 6.07 Å². The maximum atomic E-state index is 12.9. The number of nitrogens with one attached hydrogen (secondary N) is 1. The molecule has 0 bridgehead atoms. The Morgan fingerprint density at radius 2 is 1.89 bits per heavy atom. The van der Waals surface area contributed by atoms with Gasteiger partial charge in [0, 0.05) is 30.3 Å². The summed E-state index contributed by atoms with van der Waals surface area (Å²) in [5.41, 5.74) is 0.725. The summed E-state index contributed by atoms with van der Waals surface area (Å²) in [6.45, 7) is 7.17. The summed E-state index contributed by atoms with van der Waals surface area (Å²) >= 11 is 0. The molecule has 0 aliphatic rings. The summed E-state index contributed by atoms with van der Waals surface area (Å²) < 4.78 is 12.9. The Morgan fingerprint density at radius 3 is 2.37 bits per heavy atom. The zero-order valence-electron chi connectivity index (χ0n) is 12.4. The van der Waals surface area contributed by atoms with Crippen LogP contribution in [-0.2, 0) is 0 Å². The van der Waals surface area contributed by atoms with Gasteiger partial charge in [-0.2, -0.15) is 0 Å². The Bertz CT molecular complexity index is 399. The maximum Gasteiger partial charge on any atom is 0.126 e. The van der Waals surface area contributed by atoms with Crippen LogP contribution in [0.1, 0.15) is 32.4 Å². The van der Waals surface area contributed by atoms with Gasteiger partial charge in [-0.25, -0.2) is 4.39 Å². The average molecular weight is 268 g/mol. The molecule has 1 aromatic rings. The monoisotopic (exact) mass is 268 g/mol. The molecule has 4 heteroatoms. The lowest BCUT2D eigenvalue weighted by Crippen LogP contribution is -2.42. The average Bonchev–Trinajstić information content (AvgIpc) is 2.27. The van der Waals surface area contributed by atoms with E-state index in [0.717, 1.165) is 18.2 Å². The van der Waals surface area contributed by atoms with E-state index in [1.807, 2.05) is 6.92 Å². The van der Waals surface area contributed by atoms with E-state index in [9.17, 15) is 9.50 Å². The minimum atomic E-state index is -0.415. The fraction of sp³-hybridized carbons (Fsp3) is 0.600. The van der Waals surface area contributed by atoms with Crippen LogP contribution in [0, 0.1) is 11.7 Å². The number of nitrogens with zero attached hydrogens (tertiary/aromatic N) is 1. The maximum absolute atomic E-state index is 12.9. The number of rotatable bonds is 6. The number of likely N-dealkylation sites (N-methyl/N-ethyl adjacent to an activating group) is 1. The SMILES string of the molecule is CC(NCC(C(C)C)N(C)C)c1ccc(F)cc1O. The van der Waals surface area contributed by atoms with Crippen molar-refractivity contribution in [2.24, 2.45) is 5.92 Å². The molecular formula is C15H25FN2O. The molecule has 1 rings (SSSR count). The van der Waals surface area contributed by atoms with Crippen molar-refractivity contribution in [3.05, 3.63) is 29.6 Å². The number of hydrogen-bond acceptors (Lipinski definition) is 3. The normalized spacial score (nSPS) is 14.9. The van der Waals surface area contributed by atoms with Crippen LogP contribution in [0.25, 0.3) is 0 Å². The number of phenolic OH excluding ortho intramolecular Hbond substituents is 1. The van der Waals surface area contributed by atoms with E-state index in [0.29, 0.717) is 12.0 Å². The van der Waals surface area contributed by atoms with E-state index >= 15 is 0 Å². The van der Waals surface area contributed by atoms with Crippen LogP contribution in [-0.4, -0.2) is 36.7 Å². The van der Waals surface area contributed by atoms with Crippen LogP contribution in [0.15, 0.2) is 18.2 Å². The lowest BCUT2D eigenvalue weighted by molar-refractivity contribution is 0.219.